The zero-order chi connectivity index (χ0) is 21.1. The molecule has 0 radical (unpaired) electrons. The molecule has 3 atom stereocenters. The van der Waals surface area contributed by atoms with E-state index in [0.717, 1.165) is 0 Å². The summed E-state index contributed by atoms with van der Waals surface area (Å²) in [6, 6.07) is -3.37. The minimum absolute atomic E-state index is 0.0307. The smallest absolute Gasteiger partial charge is 0.326 e. The molecule has 0 saturated heterocycles. The summed E-state index contributed by atoms with van der Waals surface area (Å²) in [4.78, 5) is 57.7. The number of amides is 3. The molecule has 3 amide bonds. The number of hydrogen-bond acceptors (Lipinski definition) is 6. The van der Waals surface area contributed by atoms with Crippen LogP contribution in [-0.2, 0) is 24.0 Å². The molecule has 11 nitrogen and oxygen atoms in total. The van der Waals surface area contributed by atoms with Gasteiger partial charge in [-0.2, -0.15) is 0 Å². The summed E-state index contributed by atoms with van der Waals surface area (Å²) in [6.07, 6.45) is -0.346. The molecule has 11 heteroatoms. The summed E-state index contributed by atoms with van der Waals surface area (Å²) in [7, 11) is 0. The van der Waals surface area contributed by atoms with Gasteiger partial charge in [-0.05, 0) is 25.7 Å². The van der Waals surface area contributed by atoms with E-state index in [1.54, 1.807) is 13.8 Å². The monoisotopic (exact) mass is 388 g/mol. The normalized spacial score (nSPS) is 14.0. The molecule has 0 aromatic carbocycles. The Morgan fingerprint density at radius 3 is 1.93 bits per heavy atom. The first-order valence-corrected chi connectivity index (χ1v) is 8.52. The fourth-order valence-corrected chi connectivity index (χ4v) is 2.16. The van der Waals surface area contributed by atoms with Crippen molar-refractivity contribution in [3.8, 4) is 0 Å². The summed E-state index contributed by atoms with van der Waals surface area (Å²) in [5.74, 6) is -4.44. The average Bonchev–Trinajstić information content (AvgIpc) is 2.56. The molecule has 3 unspecified atom stereocenters. The third-order valence-electron chi connectivity index (χ3n) is 3.56. The van der Waals surface area contributed by atoms with Crippen LogP contribution < -0.4 is 21.7 Å². The molecule has 0 heterocycles. The standard InChI is InChI=1S/C16H28N4O7/c1-8(2)6-11(16(26)27)20-14(24)9(3)18-15(25)10(4-5-13(22)23)19-12(21)7-17/h8-11H,4-7,17H2,1-3H3,(H,18,25)(H,19,21)(H,20,24)(H,22,23)(H,26,27). The highest BCUT2D eigenvalue weighted by molar-refractivity contribution is 5.93. The van der Waals surface area contributed by atoms with Gasteiger partial charge in [0.05, 0.1) is 6.54 Å². The van der Waals surface area contributed by atoms with E-state index >= 15 is 0 Å². The van der Waals surface area contributed by atoms with E-state index in [1.807, 2.05) is 0 Å². The van der Waals surface area contributed by atoms with E-state index < -0.39 is 47.8 Å². The maximum absolute atomic E-state index is 12.3. The van der Waals surface area contributed by atoms with Crippen LogP contribution in [0.1, 0.15) is 40.0 Å². The first-order valence-electron chi connectivity index (χ1n) is 8.52. The summed E-state index contributed by atoms with van der Waals surface area (Å²) < 4.78 is 0. The second-order valence-electron chi connectivity index (χ2n) is 6.52. The molecule has 0 aromatic rings. The van der Waals surface area contributed by atoms with E-state index in [-0.39, 0.29) is 31.7 Å². The molecular formula is C16H28N4O7. The van der Waals surface area contributed by atoms with E-state index in [1.165, 1.54) is 6.92 Å². The number of carbonyl (C=O) groups is 5. The first-order chi connectivity index (χ1) is 12.5. The molecule has 0 aliphatic heterocycles. The molecule has 0 bridgehead atoms. The maximum Gasteiger partial charge on any atom is 0.326 e. The van der Waals surface area contributed by atoms with E-state index in [4.69, 9.17) is 15.9 Å². The number of aliphatic carboxylic acids is 2. The average molecular weight is 388 g/mol. The Hall–Kier alpha value is -2.69. The van der Waals surface area contributed by atoms with Gasteiger partial charge in [-0.3, -0.25) is 19.2 Å². The number of carboxylic acids is 2. The minimum atomic E-state index is -1.19. The lowest BCUT2D eigenvalue weighted by atomic mass is 10.0. The van der Waals surface area contributed by atoms with Crippen LogP contribution in [0, 0.1) is 5.92 Å². The van der Waals surface area contributed by atoms with Gasteiger partial charge in [0.15, 0.2) is 0 Å². The third-order valence-corrected chi connectivity index (χ3v) is 3.56. The van der Waals surface area contributed by atoms with Crippen LogP contribution in [-0.4, -0.2) is 64.5 Å². The molecular weight excluding hydrogens is 360 g/mol. The molecule has 0 rings (SSSR count). The topological polar surface area (TPSA) is 188 Å². The lowest BCUT2D eigenvalue weighted by Gasteiger charge is -2.22. The summed E-state index contributed by atoms with van der Waals surface area (Å²) in [5, 5.41) is 24.9. The Kier molecular flexibility index (Phi) is 10.7. The Labute approximate surface area is 157 Å². The first kappa shape index (κ1) is 24.3. The molecule has 0 aliphatic rings. The fraction of sp³-hybridized carbons (Fsp3) is 0.688. The van der Waals surface area contributed by atoms with Gasteiger partial charge in [0.1, 0.15) is 18.1 Å². The lowest BCUT2D eigenvalue weighted by molar-refractivity contribution is -0.142. The summed E-state index contributed by atoms with van der Waals surface area (Å²) in [5.41, 5.74) is 5.17. The number of hydrogen-bond donors (Lipinski definition) is 6. The van der Waals surface area contributed by atoms with Crippen molar-refractivity contribution in [3.05, 3.63) is 0 Å². The molecule has 27 heavy (non-hydrogen) atoms. The van der Waals surface area contributed by atoms with E-state index in [0.29, 0.717) is 0 Å². The maximum atomic E-state index is 12.3. The second kappa shape index (κ2) is 11.8. The predicted molar refractivity (Wildman–Crippen MR) is 94.5 cm³/mol. The van der Waals surface area contributed by atoms with Gasteiger partial charge >= 0.3 is 11.9 Å². The lowest BCUT2D eigenvalue weighted by Crippen LogP contribution is -2.55. The van der Waals surface area contributed by atoms with Gasteiger partial charge in [-0.15, -0.1) is 0 Å². The van der Waals surface area contributed by atoms with Crippen LogP contribution >= 0.6 is 0 Å². The molecule has 0 aliphatic carbocycles. The van der Waals surface area contributed by atoms with Crippen molar-refractivity contribution < 1.29 is 34.2 Å². The summed E-state index contributed by atoms with van der Waals surface area (Å²) in [6.45, 7) is 4.57. The third kappa shape index (κ3) is 10.1. The van der Waals surface area contributed by atoms with Crippen molar-refractivity contribution in [2.75, 3.05) is 6.54 Å². The van der Waals surface area contributed by atoms with Gasteiger partial charge < -0.3 is 31.9 Å². The minimum Gasteiger partial charge on any atom is -0.481 e. The van der Waals surface area contributed by atoms with Gasteiger partial charge in [-0.25, -0.2) is 4.79 Å². The van der Waals surface area contributed by atoms with Crippen molar-refractivity contribution in [1.82, 2.24) is 16.0 Å². The van der Waals surface area contributed by atoms with Crippen molar-refractivity contribution in [1.29, 1.82) is 0 Å². The molecule has 154 valence electrons. The largest absolute Gasteiger partial charge is 0.481 e. The highest BCUT2D eigenvalue weighted by atomic mass is 16.4. The number of carboxylic acid groups (broad SMARTS) is 2. The van der Waals surface area contributed by atoms with Gasteiger partial charge in [0, 0.05) is 6.42 Å². The quantitative estimate of drug-likeness (QED) is 0.231. The van der Waals surface area contributed by atoms with Crippen LogP contribution in [0.15, 0.2) is 0 Å². The Balaban J connectivity index is 4.91. The summed E-state index contributed by atoms with van der Waals surface area (Å²) >= 11 is 0. The van der Waals surface area contributed by atoms with Crippen molar-refractivity contribution in [2.45, 2.75) is 58.2 Å². The van der Waals surface area contributed by atoms with Gasteiger partial charge in [0.25, 0.3) is 0 Å². The van der Waals surface area contributed by atoms with Crippen LogP contribution in [0.3, 0.4) is 0 Å². The van der Waals surface area contributed by atoms with Crippen molar-refractivity contribution in [2.24, 2.45) is 11.7 Å². The van der Waals surface area contributed by atoms with E-state index in [2.05, 4.69) is 16.0 Å². The Morgan fingerprint density at radius 2 is 1.48 bits per heavy atom. The Morgan fingerprint density at radius 1 is 0.889 bits per heavy atom. The number of carbonyl (C=O) groups excluding carboxylic acids is 3. The second-order valence-corrected chi connectivity index (χ2v) is 6.52. The SMILES string of the molecule is CC(C)CC(NC(=O)C(C)NC(=O)C(CCC(=O)O)NC(=O)CN)C(=O)O. The zero-order valence-electron chi connectivity index (χ0n) is 15.7. The van der Waals surface area contributed by atoms with Crippen LogP contribution in [0.25, 0.3) is 0 Å². The molecule has 0 spiro atoms. The van der Waals surface area contributed by atoms with Crippen LogP contribution in [0.4, 0.5) is 0 Å². The van der Waals surface area contributed by atoms with Gasteiger partial charge in [0.2, 0.25) is 17.7 Å². The molecule has 0 aromatic heterocycles. The Bertz CT molecular complexity index is 565. The number of nitrogens with two attached hydrogens (primary N) is 1. The zero-order valence-corrected chi connectivity index (χ0v) is 15.7. The van der Waals surface area contributed by atoms with Crippen molar-refractivity contribution in [3.63, 3.8) is 0 Å². The highest BCUT2D eigenvalue weighted by Crippen LogP contribution is 2.05. The molecule has 0 fully saturated rings. The molecule has 0 saturated carbocycles. The number of rotatable bonds is 12. The van der Waals surface area contributed by atoms with E-state index in [9.17, 15) is 24.0 Å². The van der Waals surface area contributed by atoms with Crippen LogP contribution in [0.2, 0.25) is 0 Å². The van der Waals surface area contributed by atoms with Gasteiger partial charge in [-0.1, -0.05) is 13.8 Å². The van der Waals surface area contributed by atoms with Crippen molar-refractivity contribution >= 4 is 29.7 Å². The molecule has 7 N–H and O–H groups in total. The van der Waals surface area contributed by atoms with Crippen LogP contribution in [0.5, 0.6) is 0 Å². The highest BCUT2D eigenvalue weighted by Gasteiger charge is 2.27. The fourth-order valence-electron chi connectivity index (χ4n) is 2.16. The number of nitrogens with one attached hydrogen (secondary N) is 3. The predicted octanol–water partition coefficient (Wildman–Crippen LogP) is -1.59.